The van der Waals surface area contributed by atoms with Gasteiger partial charge in [0.2, 0.25) is 5.78 Å². The Balaban J connectivity index is 1.54. The number of aromatic nitrogens is 1. The van der Waals surface area contributed by atoms with Gasteiger partial charge in [-0.2, -0.15) is 0 Å². The standard InChI is InChI=1S/C21H13ClFNO3/c22-17-2-1-3-18(23)16(17)12-26-14-4-5-15-19(11-14)27-20(21(15)25)10-13-6-8-24-9-7-13/h1-11H,12H2. The Morgan fingerprint density at radius 2 is 1.96 bits per heavy atom. The molecule has 0 aliphatic carbocycles. The van der Waals surface area contributed by atoms with Gasteiger partial charge >= 0.3 is 0 Å². The molecule has 4 nitrogen and oxygen atoms in total. The summed E-state index contributed by atoms with van der Waals surface area (Å²) in [5.41, 5.74) is 1.54. The number of rotatable bonds is 4. The van der Waals surface area contributed by atoms with Crippen LogP contribution in [0.15, 0.2) is 66.7 Å². The quantitative estimate of drug-likeness (QED) is 0.592. The highest BCUT2D eigenvalue weighted by atomic mass is 35.5. The van der Waals surface area contributed by atoms with E-state index in [0.29, 0.717) is 22.1 Å². The first kappa shape index (κ1) is 17.2. The summed E-state index contributed by atoms with van der Waals surface area (Å²) in [6, 6.07) is 12.9. The lowest BCUT2D eigenvalue weighted by atomic mass is 10.1. The molecule has 0 unspecified atom stereocenters. The number of ether oxygens (including phenoxy) is 2. The molecule has 1 aliphatic rings. The normalized spacial score (nSPS) is 14.1. The van der Waals surface area contributed by atoms with Crippen LogP contribution in [0.25, 0.3) is 6.08 Å². The summed E-state index contributed by atoms with van der Waals surface area (Å²) >= 11 is 6.00. The first-order valence-electron chi connectivity index (χ1n) is 8.16. The summed E-state index contributed by atoms with van der Waals surface area (Å²) in [4.78, 5) is 16.4. The van der Waals surface area contributed by atoms with E-state index in [2.05, 4.69) is 4.98 Å². The number of halogens is 2. The molecule has 0 fully saturated rings. The molecule has 0 radical (unpaired) electrons. The van der Waals surface area contributed by atoms with Crippen LogP contribution in [0.1, 0.15) is 21.5 Å². The van der Waals surface area contributed by atoms with Gasteiger partial charge in [0.25, 0.3) is 0 Å². The fraction of sp³-hybridized carbons (Fsp3) is 0.0476. The van der Waals surface area contributed by atoms with Crippen molar-refractivity contribution >= 4 is 23.5 Å². The van der Waals surface area contributed by atoms with Crippen LogP contribution >= 0.6 is 11.6 Å². The Hall–Kier alpha value is -3.18. The number of allylic oxidation sites excluding steroid dienone is 1. The molecule has 0 saturated heterocycles. The lowest BCUT2D eigenvalue weighted by molar-refractivity contribution is 0.101. The van der Waals surface area contributed by atoms with E-state index in [1.54, 1.807) is 54.9 Å². The average molecular weight is 382 g/mol. The molecule has 2 aromatic carbocycles. The van der Waals surface area contributed by atoms with Gasteiger partial charge in [0.05, 0.1) is 10.6 Å². The number of ketones is 1. The molecule has 0 amide bonds. The number of benzene rings is 2. The maximum absolute atomic E-state index is 13.8. The van der Waals surface area contributed by atoms with E-state index in [9.17, 15) is 9.18 Å². The molecular formula is C21H13ClFNO3. The van der Waals surface area contributed by atoms with E-state index in [0.717, 1.165) is 5.56 Å². The van der Waals surface area contributed by atoms with E-state index in [1.807, 2.05) is 0 Å². The highest BCUT2D eigenvalue weighted by Crippen LogP contribution is 2.35. The van der Waals surface area contributed by atoms with Crippen molar-refractivity contribution < 1.29 is 18.7 Å². The number of pyridine rings is 1. The van der Waals surface area contributed by atoms with E-state index in [1.165, 1.54) is 12.1 Å². The molecule has 6 heteroatoms. The van der Waals surface area contributed by atoms with Crippen LogP contribution < -0.4 is 9.47 Å². The molecule has 4 rings (SSSR count). The van der Waals surface area contributed by atoms with Gasteiger partial charge in [0.1, 0.15) is 23.9 Å². The highest BCUT2D eigenvalue weighted by molar-refractivity contribution is 6.31. The van der Waals surface area contributed by atoms with Crippen molar-refractivity contribution in [3.05, 3.63) is 94.2 Å². The van der Waals surface area contributed by atoms with Crippen LogP contribution in [-0.4, -0.2) is 10.8 Å². The number of nitrogens with zero attached hydrogens (tertiary/aromatic N) is 1. The topological polar surface area (TPSA) is 48.4 Å². The fourth-order valence-electron chi connectivity index (χ4n) is 2.69. The Kier molecular flexibility index (Phi) is 4.60. The Labute approximate surface area is 159 Å². The molecule has 0 atom stereocenters. The van der Waals surface area contributed by atoms with Crippen molar-refractivity contribution in [2.45, 2.75) is 6.61 Å². The minimum atomic E-state index is -0.433. The van der Waals surface area contributed by atoms with E-state index < -0.39 is 5.82 Å². The second kappa shape index (κ2) is 7.21. The number of hydrogen-bond donors (Lipinski definition) is 0. The van der Waals surface area contributed by atoms with Gasteiger partial charge in [-0.1, -0.05) is 17.7 Å². The first-order valence-corrected chi connectivity index (χ1v) is 8.53. The van der Waals surface area contributed by atoms with Crippen LogP contribution in [-0.2, 0) is 6.61 Å². The predicted molar refractivity (Wildman–Crippen MR) is 99.4 cm³/mol. The number of carbonyl (C=O) groups is 1. The third-order valence-corrected chi connectivity index (χ3v) is 4.44. The van der Waals surface area contributed by atoms with Crippen LogP contribution in [0.3, 0.4) is 0 Å². The Morgan fingerprint density at radius 1 is 1.15 bits per heavy atom. The van der Waals surface area contributed by atoms with Crippen molar-refractivity contribution in [2.75, 3.05) is 0 Å². The van der Waals surface area contributed by atoms with E-state index >= 15 is 0 Å². The summed E-state index contributed by atoms with van der Waals surface area (Å²) in [5, 5.41) is 0.296. The molecule has 3 aromatic rings. The van der Waals surface area contributed by atoms with Crippen molar-refractivity contribution in [1.82, 2.24) is 4.98 Å². The number of hydrogen-bond acceptors (Lipinski definition) is 4. The van der Waals surface area contributed by atoms with Crippen LogP contribution in [0.2, 0.25) is 5.02 Å². The van der Waals surface area contributed by atoms with Crippen molar-refractivity contribution in [2.24, 2.45) is 0 Å². The van der Waals surface area contributed by atoms with Crippen molar-refractivity contribution in [3.63, 3.8) is 0 Å². The average Bonchev–Trinajstić information content (AvgIpc) is 2.97. The molecule has 2 heterocycles. The first-order chi connectivity index (χ1) is 13.1. The molecule has 27 heavy (non-hydrogen) atoms. The Morgan fingerprint density at radius 3 is 2.74 bits per heavy atom. The van der Waals surface area contributed by atoms with Crippen LogP contribution in [0.4, 0.5) is 4.39 Å². The number of Topliss-reactive ketones (excluding diaryl/α,β-unsaturated/α-hetero) is 1. The maximum Gasteiger partial charge on any atom is 0.231 e. The molecule has 1 aliphatic heterocycles. The van der Waals surface area contributed by atoms with Crippen LogP contribution in [0, 0.1) is 5.82 Å². The van der Waals surface area contributed by atoms with Crippen LogP contribution in [0.5, 0.6) is 11.5 Å². The highest BCUT2D eigenvalue weighted by Gasteiger charge is 2.27. The summed E-state index contributed by atoms with van der Waals surface area (Å²) in [7, 11) is 0. The third kappa shape index (κ3) is 3.55. The zero-order valence-corrected chi connectivity index (χ0v) is 14.7. The second-order valence-corrected chi connectivity index (χ2v) is 6.27. The lowest BCUT2D eigenvalue weighted by Crippen LogP contribution is -1.99. The number of fused-ring (bicyclic) bond motifs is 1. The SMILES string of the molecule is O=C1C(=Cc2ccncc2)Oc2cc(OCc3c(F)cccc3Cl)ccc21. The van der Waals surface area contributed by atoms with E-state index in [-0.39, 0.29) is 23.7 Å². The minimum absolute atomic E-state index is 0.0298. The molecule has 0 bridgehead atoms. The molecule has 0 N–H and O–H groups in total. The van der Waals surface area contributed by atoms with Gasteiger partial charge < -0.3 is 9.47 Å². The zero-order valence-electron chi connectivity index (χ0n) is 14.0. The number of carbonyl (C=O) groups excluding carboxylic acids is 1. The summed E-state index contributed by atoms with van der Waals surface area (Å²) < 4.78 is 25.1. The second-order valence-electron chi connectivity index (χ2n) is 5.87. The fourth-order valence-corrected chi connectivity index (χ4v) is 2.91. The predicted octanol–water partition coefficient (Wildman–Crippen LogP) is 5.07. The zero-order chi connectivity index (χ0) is 18.8. The largest absolute Gasteiger partial charge is 0.489 e. The van der Waals surface area contributed by atoms with Gasteiger partial charge in [-0.05, 0) is 48.0 Å². The van der Waals surface area contributed by atoms with Gasteiger partial charge in [-0.3, -0.25) is 9.78 Å². The molecule has 1 aromatic heterocycles. The van der Waals surface area contributed by atoms with Crippen molar-refractivity contribution in [1.29, 1.82) is 0 Å². The smallest absolute Gasteiger partial charge is 0.231 e. The summed E-state index contributed by atoms with van der Waals surface area (Å²) in [6.07, 6.45) is 4.93. The lowest BCUT2D eigenvalue weighted by Gasteiger charge is -2.09. The molecule has 134 valence electrons. The molecule has 0 saturated carbocycles. The van der Waals surface area contributed by atoms with Gasteiger partial charge in [-0.25, -0.2) is 4.39 Å². The van der Waals surface area contributed by atoms with E-state index in [4.69, 9.17) is 21.1 Å². The molecule has 0 spiro atoms. The maximum atomic E-state index is 13.8. The summed E-state index contributed by atoms with van der Waals surface area (Å²) in [6.45, 7) is -0.0298. The van der Waals surface area contributed by atoms with Crippen molar-refractivity contribution in [3.8, 4) is 11.5 Å². The van der Waals surface area contributed by atoms with Gasteiger partial charge in [0, 0.05) is 24.0 Å². The third-order valence-electron chi connectivity index (χ3n) is 4.09. The minimum Gasteiger partial charge on any atom is -0.489 e. The summed E-state index contributed by atoms with van der Waals surface area (Å²) in [5.74, 6) is 0.442. The molecular weight excluding hydrogens is 369 g/mol. The Bertz CT molecular complexity index is 1030. The monoisotopic (exact) mass is 381 g/mol. The van der Waals surface area contributed by atoms with Gasteiger partial charge in [0.15, 0.2) is 5.76 Å². The van der Waals surface area contributed by atoms with Gasteiger partial charge in [-0.15, -0.1) is 0 Å².